The van der Waals surface area contributed by atoms with E-state index in [0.717, 1.165) is 10.1 Å². The summed E-state index contributed by atoms with van der Waals surface area (Å²) in [4.78, 5) is 4.07. The molecule has 0 spiro atoms. The minimum absolute atomic E-state index is 0.143. The van der Waals surface area contributed by atoms with Crippen LogP contribution in [0.5, 0.6) is 0 Å². The highest BCUT2D eigenvalue weighted by atomic mass is 79.9. The van der Waals surface area contributed by atoms with Gasteiger partial charge < -0.3 is 5.11 Å². The van der Waals surface area contributed by atoms with Gasteiger partial charge in [0.15, 0.2) is 0 Å². The van der Waals surface area contributed by atoms with Crippen LogP contribution in [0.3, 0.4) is 0 Å². The monoisotopic (exact) mass is 256 g/mol. The standard InChI is InChI=1S/C8H5BrN2OS/c9-5-1-2-6-10-3-4-11(6)7(5)8(12)13/h1-4H,(H,12,13). The van der Waals surface area contributed by atoms with Crippen LogP contribution in [0, 0.1) is 0 Å². The van der Waals surface area contributed by atoms with Crippen LogP contribution in [0.25, 0.3) is 5.65 Å². The predicted molar refractivity (Wildman–Crippen MR) is 57.2 cm³/mol. The van der Waals surface area contributed by atoms with Gasteiger partial charge in [-0.05, 0) is 40.3 Å². The lowest BCUT2D eigenvalue weighted by Crippen LogP contribution is -2.04. The Morgan fingerprint density at radius 3 is 3.00 bits per heavy atom. The zero-order valence-electron chi connectivity index (χ0n) is 6.44. The van der Waals surface area contributed by atoms with Crippen LogP contribution in [0.15, 0.2) is 29.0 Å². The second-order valence-corrected chi connectivity index (χ2v) is 3.73. The van der Waals surface area contributed by atoms with Crippen LogP contribution in [0.4, 0.5) is 0 Å². The van der Waals surface area contributed by atoms with Crippen molar-refractivity contribution in [1.29, 1.82) is 0 Å². The minimum Gasteiger partial charge on any atom is -0.497 e. The third-order valence-corrected chi connectivity index (χ3v) is 2.55. The molecule has 0 aliphatic carbocycles. The lowest BCUT2D eigenvalue weighted by atomic mass is 10.3. The Kier molecular flexibility index (Phi) is 2.05. The third-order valence-electron chi connectivity index (χ3n) is 1.72. The second kappa shape index (κ2) is 3.08. The number of aromatic nitrogens is 2. The highest BCUT2D eigenvalue weighted by Gasteiger charge is 2.09. The van der Waals surface area contributed by atoms with Crippen LogP contribution in [-0.2, 0) is 0 Å². The molecule has 5 heteroatoms. The van der Waals surface area contributed by atoms with E-state index >= 15 is 0 Å². The van der Waals surface area contributed by atoms with E-state index in [9.17, 15) is 5.11 Å². The molecule has 0 radical (unpaired) electrons. The van der Waals surface area contributed by atoms with E-state index in [-0.39, 0.29) is 5.05 Å². The summed E-state index contributed by atoms with van der Waals surface area (Å²) >= 11 is 8.03. The summed E-state index contributed by atoms with van der Waals surface area (Å²) in [5.41, 5.74) is 1.32. The number of nitrogens with zero attached hydrogens (tertiary/aromatic N) is 2. The fourth-order valence-electron chi connectivity index (χ4n) is 1.17. The summed E-state index contributed by atoms with van der Waals surface area (Å²) < 4.78 is 2.48. The number of halogens is 1. The summed E-state index contributed by atoms with van der Waals surface area (Å²) in [6.07, 6.45) is 3.40. The Bertz CT molecular complexity index is 480. The normalized spacial score (nSPS) is 10.5. The highest BCUT2D eigenvalue weighted by Crippen LogP contribution is 2.18. The van der Waals surface area contributed by atoms with Gasteiger partial charge in [0, 0.05) is 16.9 Å². The number of hydrogen-bond donors (Lipinski definition) is 1. The second-order valence-electron chi connectivity index (χ2n) is 2.49. The molecule has 0 fully saturated rings. The van der Waals surface area contributed by atoms with Gasteiger partial charge in [-0.2, -0.15) is 0 Å². The van der Waals surface area contributed by atoms with Gasteiger partial charge in [0.1, 0.15) is 11.3 Å². The molecule has 0 amide bonds. The van der Waals surface area contributed by atoms with Crippen molar-refractivity contribution in [2.24, 2.45) is 0 Å². The SMILES string of the molecule is OC(=S)c1c(Br)ccc2nccn12. The van der Waals surface area contributed by atoms with Gasteiger partial charge in [-0.3, -0.25) is 4.40 Å². The number of aliphatic hydroxyl groups excluding tert-OH is 1. The summed E-state index contributed by atoms with van der Waals surface area (Å²) in [5, 5.41) is 9.13. The number of hydrogen-bond acceptors (Lipinski definition) is 2. The van der Waals surface area contributed by atoms with E-state index in [2.05, 4.69) is 20.9 Å². The maximum absolute atomic E-state index is 9.27. The summed E-state index contributed by atoms with van der Waals surface area (Å²) in [6, 6.07) is 3.64. The first kappa shape index (κ1) is 8.65. The van der Waals surface area contributed by atoms with Crippen molar-refractivity contribution in [1.82, 2.24) is 9.38 Å². The smallest absolute Gasteiger partial charge is 0.207 e. The largest absolute Gasteiger partial charge is 0.497 e. The van der Waals surface area contributed by atoms with Gasteiger partial charge >= 0.3 is 0 Å². The van der Waals surface area contributed by atoms with E-state index < -0.39 is 0 Å². The average molecular weight is 257 g/mol. The molecule has 0 aliphatic rings. The van der Waals surface area contributed by atoms with Crippen molar-refractivity contribution in [3.05, 3.63) is 34.7 Å². The van der Waals surface area contributed by atoms with Crippen molar-refractivity contribution < 1.29 is 5.11 Å². The van der Waals surface area contributed by atoms with Crippen molar-refractivity contribution in [3.8, 4) is 0 Å². The fourth-order valence-corrected chi connectivity index (χ4v) is 2.02. The molecule has 2 heterocycles. The van der Waals surface area contributed by atoms with Crippen LogP contribution in [0.2, 0.25) is 0 Å². The Morgan fingerprint density at radius 2 is 2.31 bits per heavy atom. The molecule has 0 saturated carbocycles. The number of fused-ring (bicyclic) bond motifs is 1. The molecular formula is C8H5BrN2OS. The molecule has 0 atom stereocenters. The van der Waals surface area contributed by atoms with Crippen LogP contribution in [0.1, 0.15) is 5.69 Å². The first-order valence-corrected chi connectivity index (χ1v) is 4.75. The molecule has 66 valence electrons. The molecule has 2 aromatic heterocycles. The van der Waals surface area contributed by atoms with Gasteiger partial charge in [-0.25, -0.2) is 4.98 Å². The zero-order chi connectivity index (χ0) is 9.42. The average Bonchev–Trinajstić information content (AvgIpc) is 2.50. The van der Waals surface area contributed by atoms with Gasteiger partial charge in [-0.1, -0.05) is 0 Å². The molecule has 0 bridgehead atoms. The van der Waals surface area contributed by atoms with Gasteiger partial charge in [0.05, 0.1) is 0 Å². The van der Waals surface area contributed by atoms with E-state index in [0.29, 0.717) is 5.69 Å². The molecule has 0 aliphatic heterocycles. The molecular weight excluding hydrogens is 252 g/mol. The number of aliphatic hydroxyl groups is 1. The van der Waals surface area contributed by atoms with Crippen molar-refractivity contribution in [2.45, 2.75) is 0 Å². The lowest BCUT2D eigenvalue weighted by molar-refractivity contribution is 0.567. The molecule has 0 aromatic carbocycles. The molecule has 2 rings (SSSR count). The van der Waals surface area contributed by atoms with E-state index in [1.165, 1.54) is 0 Å². The van der Waals surface area contributed by atoms with Crippen LogP contribution >= 0.6 is 28.1 Å². The quantitative estimate of drug-likeness (QED) is 0.797. The van der Waals surface area contributed by atoms with E-state index in [4.69, 9.17) is 12.2 Å². The van der Waals surface area contributed by atoms with Crippen molar-refractivity contribution >= 4 is 38.8 Å². The molecule has 0 unspecified atom stereocenters. The summed E-state index contributed by atoms with van der Waals surface area (Å²) in [7, 11) is 0. The lowest BCUT2D eigenvalue weighted by Gasteiger charge is -2.04. The maximum Gasteiger partial charge on any atom is 0.207 e. The molecule has 0 saturated heterocycles. The predicted octanol–water partition coefficient (Wildman–Crippen LogP) is 2.33. The van der Waals surface area contributed by atoms with Crippen LogP contribution < -0.4 is 0 Å². The molecule has 1 N–H and O–H groups in total. The molecule has 2 aromatic rings. The van der Waals surface area contributed by atoms with E-state index in [1.807, 2.05) is 6.07 Å². The zero-order valence-corrected chi connectivity index (χ0v) is 8.84. The van der Waals surface area contributed by atoms with E-state index in [1.54, 1.807) is 22.9 Å². The van der Waals surface area contributed by atoms with Gasteiger partial charge in [0.25, 0.3) is 0 Å². The van der Waals surface area contributed by atoms with Gasteiger partial charge in [0.2, 0.25) is 5.05 Å². The topological polar surface area (TPSA) is 37.5 Å². The minimum atomic E-state index is -0.143. The van der Waals surface area contributed by atoms with Crippen molar-refractivity contribution in [2.75, 3.05) is 0 Å². The molecule has 3 nitrogen and oxygen atoms in total. The fraction of sp³-hybridized carbons (Fsp3) is 0. The number of pyridine rings is 1. The maximum atomic E-state index is 9.27. The van der Waals surface area contributed by atoms with Gasteiger partial charge in [-0.15, -0.1) is 0 Å². The van der Waals surface area contributed by atoms with Crippen molar-refractivity contribution in [3.63, 3.8) is 0 Å². The third kappa shape index (κ3) is 1.34. The Balaban J connectivity index is 2.88. The number of thiocarbonyl (C=S) groups is 1. The Hall–Kier alpha value is -0.940. The number of imidazole rings is 1. The Labute approximate surface area is 88.2 Å². The van der Waals surface area contributed by atoms with Crippen LogP contribution in [-0.4, -0.2) is 19.5 Å². The number of rotatable bonds is 1. The summed E-state index contributed by atoms with van der Waals surface area (Å²) in [5.74, 6) is 0. The first-order valence-electron chi connectivity index (χ1n) is 3.55. The highest BCUT2D eigenvalue weighted by molar-refractivity contribution is 9.10. The Morgan fingerprint density at radius 1 is 1.54 bits per heavy atom. The first-order chi connectivity index (χ1) is 6.20. The molecule has 13 heavy (non-hydrogen) atoms. The summed E-state index contributed by atoms with van der Waals surface area (Å²) in [6.45, 7) is 0.